The molecule has 1 fully saturated rings. The Morgan fingerprint density at radius 2 is 1.69 bits per heavy atom. The summed E-state index contributed by atoms with van der Waals surface area (Å²) in [6.45, 7) is -0.650. The van der Waals surface area contributed by atoms with Crippen LogP contribution in [0.25, 0.3) is 22.3 Å². The number of rotatable bonds is 4. The van der Waals surface area contributed by atoms with Crippen LogP contribution in [0.5, 0.6) is 17.2 Å². The fourth-order valence-electron chi connectivity index (χ4n) is 3.86. The molecular weight excluding hydrogens is 424 g/mol. The van der Waals surface area contributed by atoms with E-state index >= 15 is 0 Å². The van der Waals surface area contributed by atoms with Gasteiger partial charge in [-0.05, 0) is 24.3 Å². The van der Waals surface area contributed by atoms with Crippen molar-refractivity contribution < 1.29 is 44.5 Å². The van der Waals surface area contributed by atoms with Gasteiger partial charge >= 0.3 is 0 Å². The number of aliphatic hydroxyl groups excluding tert-OH is 4. The number of methoxy groups -OCH3 is 1. The van der Waals surface area contributed by atoms with Gasteiger partial charge in [0.1, 0.15) is 58.9 Å². The molecule has 0 spiro atoms. The van der Waals surface area contributed by atoms with Crippen molar-refractivity contribution in [1.29, 1.82) is 0 Å². The maximum Gasteiger partial charge on any atom is 0.197 e. The third kappa shape index (κ3) is 3.57. The van der Waals surface area contributed by atoms with Crippen LogP contribution in [0.2, 0.25) is 0 Å². The molecule has 0 bridgehead atoms. The molecule has 0 saturated carbocycles. The van der Waals surface area contributed by atoms with Crippen molar-refractivity contribution in [2.45, 2.75) is 30.5 Å². The summed E-state index contributed by atoms with van der Waals surface area (Å²) < 4.78 is 16.9. The Bertz CT molecular complexity index is 1180. The molecule has 1 aliphatic rings. The number of aliphatic hydroxyl groups is 4. The van der Waals surface area contributed by atoms with E-state index in [1.165, 1.54) is 31.4 Å². The third-order valence-corrected chi connectivity index (χ3v) is 5.53. The number of aromatic hydroxyl groups is 2. The first-order valence-corrected chi connectivity index (χ1v) is 9.74. The number of fused-ring (bicyclic) bond motifs is 1. The van der Waals surface area contributed by atoms with Crippen LogP contribution in [0.3, 0.4) is 0 Å². The van der Waals surface area contributed by atoms with Crippen molar-refractivity contribution in [2.75, 3.05) is 13.7 Å². The number of hydrogen-bond acceptors (Lipinski definition) is 10. The number of ether oxygens (including phenoxy) is 2. The van der Waals surface area contributed by atoms with E-state index < -0.39 is 48.3 Å². The molecular formula is C22H22O10. The molecule has 2 aromatic carbocycles. The molecule has 2 heterocycles. The Balaban J connectivity index is 1.99. The van der Waals surface area contributed by atoms with E-state index in [1.54, 1.807) is 0 Å². The summed E-state index contributed by atoms with van der Waals surface area (Å²) >= 11 is 0. The second kappa shape index (κ2) is 8.41. The first kappa shape index (κ1) is 22.1. The van der Waals surface area contributed by atoms with Gasteiger partial charge in [-0.25, -0.2) is 0 Å². The predicted octanol–water partition coefficient (Wildman–Crippen LogP) is 0.395. The molecule has 4 rings (SSSR count). The SMILES string of the molecule is COc1cc(O)c2c(=O)cc(-c3ccc(O)cc3)oc2c1[C@@H]1O[C@@H](CO)[C@@H](O)[C@H](O)[C@@H]1O. The second-order valence-electron chi connectivity index (χ2n) is 7.49. The zero-order valence-electron chi connectivity index (χ0n) is 16.9. The van der Waals surface area contributed by atoms with Gasteiger partial charge in [0, 0.05) is 17.7 Å². The largest absolute Gasteiger partial charge is 0.508 e. The monoisotopic (exact) mass is 446 g/mol. The molecule has 0 unspecified atom stereocenters. The Morgan fingerprint density at radius 3 is 2.31 bits per heavy atom. The summed E-state index contributed by atoms with van der Waals surface area (Å²) in [5.74, 6) is -0.333. The highest BCUT2D eigenvalue weighted by molar-refractivity contribution is 5.89. The van der Waals surface area contributed by atoms with E-state index in [1.807, 2.05) is 0 Å². The standard InChI is InChI=1S/C22H22O10/c1-30-14-7-12(26)16-11(25)6-13(9-2-4-10(24)5-3-9)31-21(16)17(14)22-20(29)19(28)18(27)15(8-23)32-22/h2-7,15,18-20,22-24,26-29H,8H2,1H3/t15-,18+,19-,20-,22-/m0/s1. The van der Waals surface area contributed by atoms with Gasteiger partial charge in [0.25, 0.3) is 0 Å². The minimum Gasteiger partial charge on any atom is -0.508 e. The average molecular weight is 446 g/mol. The molecule has 6 N–H and O–H groups in total. The van der Waals surface area contributed by atoms with Crippen molar-refractivity contribution in [3.05, 3.63) is 52.2 Å². The summed E-state index contributed by atoms with van der Waals surface area (Å²) in [6.07, 6.45) is -7.51. The van der Waals surface area contributed by atoms with Crippen molar-refractivity contribution in [3.63, 3.8) is 0 Å². The molecule has 170 valence electrons. The quantitative estimate of drug-likeness (QED) is 0.330. The molecule has 1 aromatic heterocycles. The summed E-state index contributed by atoms with van der Waals surface area (Å²) in [6, 6.07) is 8.16. The van der Waals surface area contributed by atoms with E-state index in [2.05, 4.69) is 0 Å². The van der Waals surface area contributed by atoms with Gasteiger partial charge in [-0.1, -0.05) is 0 Å². The lowest BCUT2D eigenvalue weighted by molar-refractivity contribution is -0.231. The number of hydrogen-bond donors (Lipinski definition) is 6. The van der Waals surface area contributed by atoms with Crippen molar-refractivity contribution in [2.24, 2.45) is 0 Å². The van der Waals surface area contributed by atoms with Crippen LogP contribution in [0.1, 0.15) is 11.7 Å². The molecule has 0 amide bonds. The molecule has 1 saturated heterocycles. The van der Waals surface area contributed by atoms with Crippen molar-refractivity contribution in [3.8, 4) is 28.6 Å². The molecule has 32 heavy (non-hydrogen) atoms. The van der Waals surface area contributed by atoms with Gasteiger partial charge in [0.2, 0.25) is 0 Å². The van der Waals surface area contributed by atoms with E-state index in [9.17, 15) is 35.4 Å². The average Bonchev–Trinajstić information content (AvgIpc) is 2.78. The van der Waals surface area contributed by atoms with Crippen molar-refractivity contribution >= 4 is 11.0 Å². The zero-order valence-corrected chi connectivity index (χ0v) is 16.9. The Labute approximate surface area is 181 Å². The van der Waals surface area contributed by atoms with Crippen LogP contribution in [-0.4, -0.2) is 68.8 Å². The highest BCUT2D eigenvalue weighted by atomic mass is 16.5. The van der Waals surface area contributed by atoms with Gasteiger partial charge in [0.05, 0.1) is 19.3 Å². The van der Waals surface area contributed by atoms with E-state index in [0.717, 1.165) is 12.1 Å². The van der Waals surface area contributed by atoms with Gasteiger partial charge in [-0.2, -0.15) is 0 Å². The zero-order chi connectivity index (χ0) is 23.2. The normalized spacial score (nSPS) is 25.7. The fourth-order valence-corrected chi connectivity index (χ4v) is 3.86. The molecule has 0 aliphatic carbocycles. The Morgan fingerprint density at radius 1 is 1.00 bits per heavy atom. The highest BCUT2D eigenvalue weighted by Gasteiger charge is 2.46. The van der Waals surface area contributed by atoms with Gasteiger partial charge in [-0.3, -0.25) is 4.79 Å². The van der Waals surface area contributed by atoms with E-state index in [0.29, 0.717) is 5.56 Å². The van der Waals surface area contributed by atoms with Gasteiger partial charge in [-0.15, -0.1) is 0 Å². The number of benzene rings is 2. The first-order chi connectivity index (χ1) is 15.3. The molecule has 5 atom stereocenters. The smallest absolute Gasteiger partial charge is 0.197 e. The van der Waals surface area contributed by atoms with Crippen molar-refractivity contribution in [1.82, 2.24) is 0 Å². The number of phenols is 2. The highest BCUT2D eigenvalue weighted by Crippen LogP contribution is 2.44. The van der Waals surface area contributed by atoms with Crippen LogP contribution < -0.4 is 10.2 Å². The summed E-state index contributed by atoms with van der Waals surface area (Å²) in [4.78, 5) is 12.9. The topological polar surface area (TPSA) is 170 Å². The van der Waals surface area contributed by atoms with Gasteiger partial charge < -0.3 is 44.5 Å². The van der Waals surface area contributed by atoms with Crippen LogP contribution in [0, 0.1) is 0 Å². The minimum atomic E-state index is -1.67. The molecule has 10 nitrogen and oxygen atoms in total. The van der Waals surface area contributed by atoms with Crippen LogP contribution in [0.15, 0.2) is 45.6 Å². The minimum absolute atomic E-state index is 0.00895. The summed E-state index contributed by atoms with van der Waals surface area (Å²) in [5, 5.41) is 60.2. The first-order valence-electron chi connectivity index (χ1n) is 9.74. The maximum atomic E-state index is 12.9. The lowest BCUT2D eigenvalue weighted by atomic mass is 9.89. The van der Waals surface area contributed by atoms with E-state index in [-0.39, 0.29) is 33.8 Å². The van der Waals surface area contributed by atoms with Gasteiger partial charge in [0.15, 0.2) is 11.0 Å². The predicted molar refractivity (Wildman–Crippen MR) is 111 cm³/mol. The molecule has 3 aromatic rings. The molecule has 1 aliphatic heterocycles. The van der Waals surface area contributed by atoms with E-state index in [4.69, 9.17) is 13.9 Å². The third-order valence-electron chi connectivity index (χ3n) is 5.53. The Kier molecular flexibility index (Phi) is 5.80. The lowest BCUT2D eigenvalue weighted by Gasteiger charge is -2.40. The summed E-state index contributed by atoms with van der Waals surface area (Å²) in [5.41, 5.74) is -0.305. The summed E-state index contributed by atoms with van der Waals surface area (Å²) in [7, 11) is 1.29. The van der Waals surface area contributed by atoms with Crippen LogP contribution >= 0.6 is 0 Å². The lowest BCUT2D eigenvalue weighted by Crippen LogP contribution is -2.55. The second-order valence-corrected chi connectivity index (χ2v) is 7.49. The molecule has 0 radical (unpaired) electrons. The Hall–Kier alpha value is -3.15. The fraction of sp³-hybridized carbons (Fsp3) is 0.318. The molecule has 10 heteroatoms. The maximum absolute atomic E-state index is 12.9. The van der Waals surface area contributed by atoms with Crippen LogP contribution in [0.4, 0.5) is 0 Å². The number of phenolic OH excluding ortho intramolecular Hbond substituents is 2. The van der Waals surface area contributed by atoms with Crippen LogP contribution in [-0.2, 0) is 4.74 Å².